The second-order valence-electron chi connectivity index (χ2n) is 4.76. The third kappa shape index (κ3) is 2.96. The molecule has 0 amide bonds. The average molecular weight is 278 g/mol. The van der Waals surface area contributed by atoms with Gasteiger partial charge in [0.05, 0.1) is 6.04 Å². The monoisotopic (exact) mass is 277 g/mol. The van der Waals surface area contributed by atoms with E-state index in [-0.39, 0.29) is 11.9 Å². The van der Waals surface area contributed by atoms with Gasteiger partial charge in [0.1, 0.15) is 5.82 Å². The Morgan fingerprint density at radius 3 is 2.32 bits per heavy atom. The van der Waals surface area contributed by atoms with Crippen LogP contribution < -0.4 is 5.32 Å². The molecule has 2 aromatic rings. The Hall–Kier alpha value is -1.38. The maximum atomic E-state index is 13.5. The quantitative estimate of drug-likeness (QED) is 0.876. The van der Waals surface area contributed by atoms with E-state index in [4.69, 9.17) is 11.6 Å². The van der Waals surface area contributed by atoms with Crippen LogP contribution in [0.4, 0.5) is 4.39 Å². The minimum absolute atomic E-state index is 0.0348. The molecular weight excluding hydrogens is 261 g/mol. The van der Waals surface area contributed by atoms with Crippen LogP contribution in [0.2, 0.25) is 5.02 Å². The lowest BCUT2D eigenvalue weighted by molar-refractivity contribution is 0.614. The predicted molar refractivity (Wildman–Crippen MR) is 78.2 cm³/mol. The number of rotatable bonds is 3. The summed E-state index contributed by atoms with van der Waals surface area (Å²) in [5, 5.41) is 3.68. The fourth-order valence-electron chi connectivity index (χ4n) is 2.16. The van der Waals surface area contributed by atoms with Gasteiger partial charge in [-0.3, -0.25) is 0 Å². The standard InChI is InChI=1S/C16H17ClFN/c1-10-4-6-12(7-5-10)16(19-3)13-8-11(2)15(18)9-14(13)17/h4-9,16,19H,1-3H3. The number of nitrogens with one attached hydrogen (secondary N) is 1. The Balaban J connectivity index is 2.47. The van der Waals surface area contributed by atoms with E-state index in [1.165, 1.54) is 11.6 Å². The minimum Gasteiger partial charge on any atom is -0.309 e. The first-order chi connectivity index (χ1) is 9.02. The average Bonchev–Trinajstić information content (AvgIpc) is 2.38. The Kier molecular flexibility index (Phi) is 4.23. The highest BCUT2D eigenvalue weighted by atomic mass is 35.5. The molecule has 19 heavy (non-hydrogen) atoms. The van der Waals surface area contributed by atoms with Crippen LogP contribution in [-0.2, 0) is 0 Å². The maximum Gasteiger partial charge on any atom is 0.127 e. The number of benzene rings is 2. The van der Waals surface area contributed by atoms with E-state index in [1.54, 1.807) is 13.0 Å². The molecule has 1 N–H and O–H groups in total. The van der Waals surface area contributed by atoms with E-state index >= 15 is 0 Å². The van der Waals surface area contributed by atoms with Crippen molar-refractivity contribution in [1.82, 2.24) is 5.32 Å². The molecule has 0 bridgehead atoms. The van der Waals surface area contributed by atoms with Crippen molar-refractivity contribution in [3.8, 4) is 0 Å². The predicted octanol–water partition coefficient (Wildman–Crippen LogP) is 4.40. The van der Waals surface area contributed by atoms with Crippen molar-refractivity contribution in [2.45, 2.75) is 19.9 Å². The van der Waals surface area contributed by atoms with Crippen LogP contribution in [0.25, 0.3) is 0 Å². The van der Waals surface area contributed by atoms with Gasteiger partial charge in [0.25, 0.3) is 0 Å². The van der Waals surface area contributed by atoms with Crippen LogP contribution in [-0.4, -0.2) is 7.05 Å². The first-order valence-electron chi connectivity index (χ1n) is 6.22. The van der Waals surface area contributed by atoms with Crippen molar-refractivity contribution in [1.29, 1.82) is 0 Å². The lowest BCUT2D eigenvalue weighted by Gasteiger charge is -2.19. The van der Waals surface area contributed by atoms with Crippen molar-refractivity contribution < 1.29 is 4.39 Å². The van der Waals surface area contributed by atoms with E-state index in [1.807, 2.05) is 14.0 Å². The molecule has 0 aliphatic carbocycles. The highest BCUT2D eigenvalue weighted by molar-refractivity contribution is 6.31. The molecule has 3 heteroatoms. The van der Waals surface area contributed by atoms with Crippen molar-refractivity contribution in [2.75, 3.05) is 7.05 Å². The molecular formula is C16H17ClFN. The van der Waals surface area contributed by atoms with Crippen LogP contribution >= 0.6 is 11.6 Å². The van der Waals surface area contributed by atoms with Gasteiger partial charge in [0, 0.05) is 5.02 Å². The Labute approximate surface area is 118 Å². The summed E-state index contributed by atoms with van der Waals surface area (Å²) in [4.78, 5) is 0. The summed E-state index contributed by atoms with van der Waals surface area (Å²) in [7, 11) is 1.87. The summed E-state index contributed by atoms with van der Waals surface area (Å²) in [5.74, 6) is -0.271. The number of hydrogen-bond acceptors (Lipinski definition) is 1. The molecule has 0 saturated heterocycles. The van der Waals surface area contributed by atoms with Crippen LogP contribution in [0, 0.1) is 19.7 Å². The summed E-state index contributed by atoms with van der Waals surface area (Å²) >= 11 is 6.18. The second-order valence-corrected chi connectivity index (χ2v) is 5.16. The van der Waals surface area contributed by atoms with Gasteiger partial charge in [-0.25, -0.2) is 4.39 Å². The van der Waals surface area contributed by atoms with Gasteiger partial charge >= 0.3 is 0 Å². The summed E-state index contributed by atoms with van der Waals surface area (Å²) in [6, 6.07) is 11.4. The van der Waals surface area contributed by atoms with Crippen molar-refractivity contribution >= 4 is 11.6 Å². The summed E-state index contributed by atoms with van der Waals surface area (Å²) in [5.41, 5.74) is 3.82. The highest BCUT2D eigenvalue weighted by Gasteiger charge is 2.16. The molecule has 0 saturated carbocycles. The topological polar surface area (TPSA) is 12.0 Å². The van der Waals surface area contributed by atoms with E-state index in [0.717, 1.165) is 11.1 Å². The van der Waals surface area contributed by atoms with Crippen LogP contribution in [0.1, 0.15) is 28.3 Å². The SMILES string of the molecule is CNC(c1ccc(C)cc1)c1cc(C)c(F)cc1Cl. The fourth-order valence-corrected chi connectivity index (χ4v) is 2.42. The molecule has 2 rings (SSSR count). The largest absolute Gasteiger partial charge is 0.309 e. The Morgan fingerprint density at radius 1 is 1.11 bits per heavy atom. The zero-order valence-electron chi connectivity index (χ0n) is 11.3. The molecule has 0 aliphatic heterocycles. The van der Waals surface area contributed by atoms with Gasteiger partial charge < -0.3 is 5.32 Å². The lowest BCUT2D eigenvalue weighted by atomic mass is 9.96. The van der Waals surface area contributed by atoms with E-state index in [0.29, 0.717) is 10.6 Å². The summed E-state index contributed by atoms with van der Waals surface area (Å²) < 4.78 is 13.5. The van der Waals surface area contributed by atoms with Gasteiger partial charge in [0.2, 0.25) is 0 Å². The van der Waals surface area contributed by atoms with E-state index in [2.05, 4.69) is 29.6 Å². The molecule has 0 aromatic heterocycles. The molecule has 2 aromatic carbocycles. The number of halogens is 2. The molecule has 0 radical (unpaired) electrons. The van der Waals surface area contributed by atoms with Crippen LogP contribution in [0.3, 0.4) is 0 Å². The third-order valence-electron chi connectivity index (χ3n) is 3.29. The van der Waals surface area contributed by atoms with Crippen LogP contribution in [0.15, 0.2) is 36.4 Å². The van der Waals surface area contributed by atoms with E-state index in [9.17, 15) is 4.39 Å². The lowest BCUT2D eigenvalue weighted by Crippen LogP contribution is -2.18. The molecule has 0 heterocycles. The van der Waals surface area contributed by atoms with E-state index < -0.39 is 0 Å². The summed E-state index contributed by atoms with van der Waals surface area (Å²) in [6.45, 7) is 3.80. The zero-order valence-corrected chi connectivity index (χ0v) is 12.1. The second kappa shape index (κ2) is 5.72. The first kappa shape index (κ1) is 14.0. The van der Waals surface area contributed by atoms with Crippen molar-refractivity contribution in [2.24, 2.45) is 0 Å². The normalized spacial score (nSPS) is 12.5. The number of aryl methyl sites for hydroxylation is 2. The molecule has 1 unspecified atom stereocenters. The van der Waals surface area contributed by atoms with Gasteiger partial charge in [-0.2, -0.15) is 0 Å². The molecule has 0 spiro atoms. The first-order valence-corrected chi connectivity index (χ1v) is 6.60. The molecule has 1 nitrogen and oxygen atoms in total. The number of hydrogen-bond donors (Lipinski definition) is 1. The van der Waals surface area contributed by atoms with Crippen LogP contribution in [0.5, 0.6) is 0 Å². The van der Waals surface area contributed by atoms with Gasteiger partial charge in [-0.05, 0) is 49.7 Å². The minimum atomic E-state index is -0.271. The van der Waals surface area contributed by atoms with Gasteiger partial charge in [0.15, 0.2) is 0 Å². The molecule has 0 aliphatic rings. The van der Waals surface area contributed by atoms with Gasteiger partial charge in [-0.15, -0.1) is 0 Å². The Bertz CT molecular complexity index is 578. The summed E-state index contributed by atoms with van der Waals surface area (Å²) in [6.07, 6.45) is 0. The Morgan fingerprint density at radius 2 is 1.74 bits per heavy atom. The molecule has 100 valence electrons. The fraction of sp³-hybridized carbons (Fsp3) is 0.250. The van der Waals surface area contributed by atoms with Crippen molar-refractivity contribution in [3.63, 3.8) is 0 Å². The smallest absolute Gasteiger partial charge is 0.127 e. The van der Waals surface area contributed by atoms with Gasteiger partial charge in [-0.1, -0.05) is 41.4 Å². The molecule has 0 fully saturated rings. The third-order valence-corrected chi connectivity index (χ3v) is 3.62. The zero-order chi connectivity index (χ0) is 14.0. The maximum absolute atomic E-state index is 13.5. The highest BCUT2D eigenvalue weighted by Crippen LogP contribution is 2.30. The molecule has 1 atom stereocenters. The van der Waals surface area contributed by atoms with Crippen molar-refractivity contribution in [3.05, 3.63) is 69.5 Å².